The van der Waals surface area contributed by atoms with Crippen LogP contribution in [0.5, 0.6) is 0 Å². The lowest BCUT2D eigenvalue weighted by Gasteiger charge is -2.32. The molecule has 0 amide bonds. The van der Waals surface area contributed by atoms with Gasteiger partial charge in [-0.15, -0.1) is 0 Å². The van der Waals surface area contributed by atoms with Crippen molar-refractivity contribution in [1.29, 1.82) is 0 Å². The second kappa shape index (κ2) is 33.2. The SMILES string of the molecule is Brc1ccc(-c2ccccc2)cc1-c1ccccc1.C.CC1(C)OB(c2ccc(-c3c4ccccc4c(-c4ccc(-c5ccccc5)c5ccccc45)c4ccccc34)cc2)OC1(C)C.c1ccc(-c2ccc(-c3ccc(-c4c5ccccc5c(-c5ccc(-c6ccccc6)c6ccccc56)c5ccccc45)cc3)c(-c3ccccc3)c2)cc1. The summed E-state index contributed by atoms with van der Waals surface area (Å²) in [5.41, 5.74) is 27.5. The van der Waals surface area contributed by atoms with Crippen molar-refractivity contribution in [3.63, 3.8) is 0 Å². The molecule has 0 bridgehead atoms. The summed E-state index contributed by atoms with van der Waals surface area (Å²) in [6.45, 7) is 8.39. The molecule has 0 spiro atoms. The molecule has 0 aliphatic carbocycles. The standard InChI is InChI=1S/C54H36.C42H35BO2.C18H13Br.CH4/c1-4-16-37(17-5-1)42-32-33-44(52(36-42)39-20-8-3-9-21-39)40-28-30-41(31-29-40)53-47-24-12-14-26-49(47)54(50-27-15-13-25-48(50)53)51-35-34-43(38-18-6-2-7-19-38)45-22-10-11-23-46(45)51;1-41(2)42(3,4)45-43(44-41)30-24-22-29(23-25-30)39-34-18-10-12-20-36(34)40(37-21-13-11-19-35(37)39)38-27-26-31(28-14-6-5-7-15-28)32-16-8-9-17-33(32)38;19-18-12-11-16(14-7-3-1-4-8-14)13-17(18)15-9-5-2-6-10-15;/h1-36H;5-27H,1-4H3;1-13H;1H4. The van der Waals surface area contributed by atoms with Crippen molar-refractivity contribution in [1.82, 2.24) is 0 Å². The van der Waals surface area contributed by atoms with Gasteiger partial charge in [0.1, 0.15) is 0 Å². The first kappa shape index (κ1) is 76.7. The molecule has 0 saturated carbocycles. The van der Waals surface area contributed by atoms with Crippen molar-refractivity contribution in [2.24, 2.45) is 0 Å². The van der Waals surface area contributed by atoms with Crippen molar-refractivity contribution in [2.75, 3.05) is 0 Å². The summed E-state index contributed by atoms with van der Waals surface area (Å²) in [7, 11) is -0.382. The lowest BCUT2D eigenvalue weighted by Crippen LogP contribution is -2.41. The Balaban J connectivity index is 0.000000135. The molecule has 0 aromatic heterocycles. The maximum absolute atomic E-state index is 6.35. The largest absolute Gasteiger partial charge is 0.494 e. The van der Waals surface area contributed by atoms with Gasteiger partial charge in [-0.3, -0.25) is 0 Å². The zero-order valence-corrected chi connectivity index (χ0v) is 67.9. The molecule has 119 heavy (non-hydrogen) atoms. The molecule has 0 atom stereocenters. The van der Waals surface area contributed by atoms with Crippen molar-refractivity contribution >= 4 is 93.1 Å². The lowest BCUT2D eigenvalue weighted by atomic mass is 9.78. The molecule has 570 valence electrons. The Morgan fingerprint density at radius 3 is 0.765 bits per heavy atom. The summed E-state index contributed by atoms with van der Waals surface area (Å²) < 4.78 is 13.8. The van der Waals surface area contributed by atoms with E-state index in [1.165, 1.54) is 187 Å². The van der Waals surface area contributed by atoms with E-state index in [9.17, 15) is 0 Å². The third kappa shape index (κ3) is 14.9. The topological polar surface area (TPSA) is 18.5 Å². The molecule has 0 radical (unpaired) electrons. The van der Waals surface area contributed by atoms with Crippen molar-refractivity contribution in [3.05, 3.63) is 441 Å². The molecule has 0 unspecified atom stereocenters. The first-order valence-corrected chi connectivity index (χ1v) is 41.5. The van der Waals surface area contributed by atoms with Crippen molar-refractivity contribution in [2.45, 2.75) is 46.3 Å². The Labute approximate surface area is 707 Å². The smallest absolute Gasteiger partial charge is 0.399 e. The highest BCUT2D eigenvalue weighted by Gasteiger charge is 2.51. The fourth-order valence-corrected chi connectivity index (χ4v) is 17.9. The van der Waals surface area contributed by atoms with E-state index in [0.717, 1.165) is 9.94 Å². The van der Waals surface area contributed by atoms with Gasteiger partial charge in [0.25, 0.3) is 0 Å². The Hall–Kier alpha value is -13.6. The molecule has 21 rings (SSSR count). The van der Waals surface area contributed by atoms with E-state index in [0.29, 0.717) is 0 Å². The Bertz CT molecular complexity index is 6940. The van der Waals surface area contributed by atoms with E-state index in [2.05, 4.69) is 468 Å². The highest BCUT2D eigenvalue weighted by molar-refractivity contribution is 9.10. The van der Waals surface area contributed by atoms with Gasteiger partial charge in [0.15, 0.2) is 0 Å². The van der Waals surface area contributed by atoms with Gasteiger partial charge < -0.3 is 9.31 Å². The van der Waals surface area contributed by atoms with Crippen LogP contribution in [0.15, 0.2) is 441 Å². The van der Waals surface area contributed by atoms with E-state index in [-0.39, 0.29) is 25.7 Å². The monoisotopic (exact) mass is 1590 g/mol. The Morgan fingerprint density at radius 1 is 0.185 bits per heavy atom. The number of benzene rings is 20. The third-order valence-corrected chi connectivity index (χ3v) is 24.7. The molecule has 2 nitrogen and oxygen atoms in total. The maximum Gasteiger partial charge on any atom is 0.494 e. The van der Waals surface area contributed by atoms with Crippen LogP contribution in [-0.4, -0.2) is 18.3 Å². The summed E-state index contributed by atoms with van der Waals surface area (Å²) in [5, 5.41) is 15.1. The highest BCUT2D eigenvalue weighted by Crippen LogP contribution is 2.50. The molecule has 20 aromatic rings. The highest BCUT2D eigenvalue weighted by atomic mass is 79.9. The van der Waals surface area contributed by atoms with Crippen LogP contribution in [-0.2, 0) is 9.31 Å². The van der Waals surface area contributed by atoms with Crippen LogP contribution in [0.4, 0.5) is 0 Å². The molecule has 1 heterocycles. The van der Waals surface area contributed by atoms with Crippen LogP contribution in [0.1, 0.15) is 35.1 Å². The van der Waals surface area contributed by atoms with Gasteiger partial charge in [0.05, 0.1) is 11.2 Å². The van der Waals surface area contributed by atoms with Gasteiger partial charge in [-0.25, -0.2) is 0 Å². The average molecular weight is 1590 g/mol. The van der Waals surface area contributed by atoms with E-state index >= 15 is 0 Å². The summed E-state index contributed by atoms with van der Waals surface area (Å²) in [6, 6.07) is 158. The molecule has 0 N–H and O–H groups in total. The van der Waals surface area contributed by atoms with E-state index in [1.54, 1.807) is 0 Å². The minimum absolute atomic E-state index is 0. The van der Waals surface area contributed by atoms with Crippen LogP contribution in [0, 0.1) is 0 Å². The third-order valence-electron chi connectivity index (χ3n) is 24.0. The molecule has 1 aliphatic heterocycles. The van der Waals surface area contributed by atoms with Gasteiger partial charge >= 0.3 is 7.12 Å². The normalized spacial score (nSPS) is 12.7. The molecule has 1 fully saturated rings. The van der Waals surface area contributed by atoms with Gasteiger partial charge in [-0.05, 0) is 238 Å². The van der Waals surface area contributed by atoms with E-state index in [1.807, 2.05) is 12.1 Å². The number of hydrogen-bond acceptors (Lipinski definition) is 2. The molecule has 20 aromatic carbocycles. The Morgan fingerprint density at radius 2 is 0.412 bits per heavy atom. The molecular weight excluding hydrogens is 1500 g/mol. The summed E-state index contributed by atoms with van der Waals surface area (Å²) >= 11 is 3.64. The predicted molar refractivity (Wildman–Crippen MR) is 514 cm³/mol. The second-order valence-corrected chi connectivity index (χ2v) is 32.4. The van der Waals surface area contributed by atoms with Crippen LogP contribution in [0.25, 0.3) is 187 Å². The van der Waals surface area contributed by atoms with Crippen LogP contribution in [0.3, 0.4) is 0 Å². The zero-order valence-electron chi connectivity index (χ0n) is 66.3. The van der Waals surface area contributed by atoms with Crippen molar-refractivity contribution in [3.8, 4) is 122 Å². The fraction of sp³-hybridized carbons (Fsp3) is 0.0609. The van der Waals surface area contributed by atoms with Gasteiger partial charge in [0, 0.05) is 4.47 Å². The minimum atomic E-state index is -0.382. The molecule has 4 heteroatoms. The first-order chi connectivity index (χ1) is 58.0. The lowest BCUT2D eigenvalue weighted by molar-refractivity contribution is 0.00578. The zero-order chi connectivity index (χ0) is 79.7. The Kier molecular flexibility index (Phi) is 21.4. The molecule has 1 aliphatic rings. The maximum atomic E-state index is 6.35. The summed E-state index contributed by atoms with van der Waals surface area (Å²) in [5.74, 6) is 0. The van der Waals surface area contributed by atoms with Gasteiger partial charge in [-0.2, -0.15) is 0 Å². The predicted octanol–water partition coefficient (Wildman–Crippen LogP) is 32.0. The van der Waals surface area contributed by atoms with Gasteiger partial charge in [0.2, 0.25) is 0 Å². The van der Waals surface area contributed by atoms with Gasteiger partial charge in [-0.1, -0.05) is 442 Å². The molecule has 1 saturated heterocycles. The van der Waals surface area contributed by atoms with Crippen LogP contribution >= 0.6 is 15.9 Å². The van der Waals surface area contributed by atoms with Crippen LogP contribution < -0.4 is 5.46 Å². The average Bonchev–Trinajstić information content (AvgIpc) is 1.26. The van der Waals surface area contributed by atoms with Crippen molar-refractivity contribution < 1.29 is 9.31 Å². The number of hydrogen-bond donors (Lipinski definition) is 0. The molecular formula is C115H88BBrO2. The fourth-order valence-electron chi connectivity index (χ4n) is 17.5. The number of rotatable bonds is 12. The van der Waals surface area contributed by atoms with E-state index in [4.69, 9.17) is 9.31 Å². The van der Waals surface area contributed by atoms with E-state index < -0.39 is 0 Å². The van der Waals surface area contributed by atoms with Crippen LogP contribution in [0.2, 0.25) is 0 Å². The quantitative estimate of drug-likeness (QED) is 0.0897. The second-order valence-electron chi connectivity index (χ2n) is 31.5. The minimum Gasteiger partial charge on any atom is -0.399 e. The first-order valence-electron chi connectivity index (χ1n) is 40.7. The summed E-state index contributed by atoms with van der Waals surface area (Å²) in [6.07, 6.45) is 0. The summed E-state index contributed by atoms with van der Waals surface area (Å²) in [4.78, 5) is 0. The number of halogens is 1. The number of fused-ring (bicyclic) bond motifs is 6.